The van der Waals surface area contributed by atoms with Crippen molar-refractivity contribution in [1.82, 2.24) is 4.90 Å². The molecule has 98 valence electrons. The summed E-state index contributed by atoms with van der Waals surface area (Å²) >= 11 is 0. The number of rotatable bonds is 3. The quantitative estimate of drug-likeness (QED) is 0.822. The van der Waals surface area contributed by atoms with Gasteiger partial charge >= 0.3 is 0 Å². The predicted octanol–water partition coefficient (Wildman–Crippen LogP) is 1.42. The maximum Gasteiger partial charge on any atom is 0.223 e. The van der Waals surface area contributed by atoms with Gasteiger partial charge in [0.2, 0.25) is 5.91 Å². The van der Waals surface area contributed by atoms with Crippen molar-refractivity contribution in [3.8, 4) is 0 Å². The molecule has 0 fully saturated rings. The van der Waals surface area contributed by atoms with Gasteiger partial charge in [-0.15, -0.1) is 0 Å². The van der Waals surface area contributed by atoms with Crippen LogP contribution in [0.3, 0.4) is 0 Å². The second-order valence-corrected chi connectivity index (χ2v) is 5.11. The highest BCUT2D eigenvalue weighted by atomic mass is 16.2. The minimum Gasteiger partial charge on any atom is -0.398 e. The topological polar surface area (TPSA) is 49.6 Å². The van der Waals surface area contributed by atoms with E-state index in [4.69, 9.17) is 5.73 Å². The van der Waals surface area contributed by atoms with Crippen molar-refractivity contribution in [2.24, 2.45) is 0 Å². The molecule has 0 unspecified atom stereocenters. The molecule has 0 aromatic heterocycles. The van der Waals surface area contributed by atoms with E-state index in [1.54, 1.807) is 19.0 Å². The monoisotopic (exact) mass is 247 g/mol. The van der Waals surface area contributed by atoms with Crippen LogP contribution in [0.5, 0.6) is 0 Å². The molecule has 1 amide bonds. The average molecular weight is 247 g/mol. The first kappa shape index (κ1) is 12.7. The van der Waals surface area contributed by atoms with Crippen LogP contribution in [-0.4, -0.2) is 38.0 Å². The van der Waals surface area contributed by atoms with E-state index in [2.05, 4.69) is 11.0 Å². The number of anilines is 2. The molecular formula is C14H21N3O. The van der Waals surface area contributed by atoms with Crippen molar-refractivity contribution in [2.75, 3.05) is 37.8 Å². The molecule has 0 radical (unpaired) electrons. The zero-order valence-electron chi connectivity index (χ0n) is 11.4. The second kappa shape index (κ2) is 4.88. The van der Waals surface area contributed by atoms with E-state index in [9.17, 15) is 4.79 Å². The van der Waals surface area contributed by atoms with E-state index < -0.39 is 0 Å². The summed E-state index contributed by atoms with van der Waals surface area (Å²) in [6, 6.07) is 4.20. The van der Waals surface area contributed by atoms with Gasteiger partial charge in [-0.3, -0.25) is 4.79 Å². The number of nitrogen functional groups attached to an aromatic ring is 1. The molecule has 0 atom stereocenters. The number of nitrogens with zero attached hydrogens (tertiary/aromatic N) is 2. The van der Waals surface area contributed by atoms with Crippen molar-refractivity contribution < 1.29 is 4.79 Å². The minimum atomic E-state index is 0.170. The Bertz CT molecular complexity index is 468. The van der Waals surface area contributed by atoms with Gasteiger partial charge in [0.25, 0.3) is 0 Å². The number of aryl methyl sites for hydroxylation is 1. The largest absolute Gasteiger partial charge is 0.398 e. The molecule has 0 spiro atoms. The standard InChI is InChI=1S/C14H21N3O/c1-10-8-11-4-6-17(13(11)9-12(10)15)7-5-14(18)16(2)3/h8-9H,4-7,15H2,1-3H3. The van der Waals surface area contributed by atoms with Gasteiger partial charge in [0.05, 0.1) is 0 Å². The Morgan fingerprint density at radius 1 is 1.44 bits per heavy atom. The molecular weight excluding hydrogens is 226 g/mol. The van der Waals surface area contributed by atoms with Crippen LogP contribution in [-0.2, 0) is 11.2 Å². The summed E-state index contributed by atoms with van der Waals surface area (Å²) in [6.07, 6.45) is 1.60. The summed E-state index contributed by atoms with van der Waals surface area (Å²) in [4.78, 5) is 15.5. The molecule has 18 heavy (non-hydrogen) atoms. The molecule has 1 aromatic rings. The Hall–Kier alpha value is -1.71. The van der Waals surface area contributed by atoms with Gasteiger partial charge < -0.3 is 15.5 Å². The predicted molar refractivity (Wildman–Crippen MR) is 74.8 cm³/mol. The van der Waals surface area contributed by atoms with E-state index in [1.165, 1.54) is 11.3 Å². The number of nitrogens with two attached hydrogens (primary N) is 1. The third-order valence-corrected chi connectivity index (χ3v) is 3.55. The van der Waals surface area contributed by atoms with Gasteiger partial charge in [0.1, 0.15) is 0 Å². The van der Waals surface area contributed by atoms with Gasteiger partial charge in [0.15, 0.2) is 0 Å². The van der Waals surface area contributed by atoms with Crippen molar-refractivity contribution in [3.05, 3.63) is 23.3 Å². The average Bonchev–Trinajstić information content (AvgIpc) is 2.69. The van der Waals surface area contributed by atoms with E-state index in [0.29, 0.717) is 6.42 Å². The number of carbonyl (C=O) groups is 1. The van der Waals surface area contributed by atoms with E-state index >= 15 is 0 Å². The van der Waals surface area contributed by atoms with E-state index in [-0.39, 0.29) is 5.91 Å². The van der Waals surface area contributed by atoms with Crippen LogP contribution in [0.1, 0.15) is 17.5 Å². The lowest BCUT2D eigenvalue weighted by atomic mass is 10.1. The summed E-state index contributed by atoms with van der Waals surface area (Å²) in [5.41, 5.74) is 10.5. The maximum absolute atomic E-state index is 11.6. The van der Waals surface area contributed by atoms with Crippen LogP contribution in [0.2, 0.25) is 0 Å². The normalized spacial score (nSPS) is 13.6. The van der Waals surface area contributed by atoms with Crippen LogP contribution in [0.15, 0.2) is 12.1 Å². The highest BCUT2D eigenvalue weighted by molar-refractivity contribution is 5.76. The number of amides is 1. The molecule has 1 aliphatic heterocycles. The third-order valence-electron chi connectivity index (χ3n) is 3.55. The molecule has 0 saturated heterocycles. The van der Waals surface area contributed by atoms with Gasteiger partial charge in [-0.25, -0.2) is 0 Å². The Balaban J connectivity index is 2.07. The van der Waals surface area contributed by atoms with Gasteiger partial charge in [0, 0.05) is 45.0 Å². The first-order chi connectivity index (χ1) is 8.49. The summed E-state index contributed by atoms with van der Waals surface area (Å²) in [7, 11) is 3.59. The molecule has 0 bridgehead atoms. The first-order valence-corrected chi connectivity index (χ1v) is 6.33. The highest BCUT2D eigenvalue weighted by Crippen LogP contribution is 2.31. The SMILES string of the molecule is Cc1cc2c(cc1N)N(CCC(=O)N(C)C)CC2. The van der Waals surface area contributed by atoms with Crippen LogP contribution < -0.4 is 10.6 Å². The number of carbonyl (C=O) groups excluding carboxylic acids is 1. The number of benzene rings is 1. The van der Waals surface area contributed by atoms with E-state index in [0.717, 1.165) is 30.8 Å². The first-order valence-electron chi connectivity index (χ1n) is 6.33. The van der Waals surface area contributed by atoms with Crippen LogP contribution in [0.25, 0.3) is 0 Å². The number of hydrogen-bond donors (Lipinski definition) is 1. The molecule has 0 aliphatic carbocycles. The zero-order valence-corrected chi connectivity index (χ0v) is 11.4. The number of hydrogen-bond acceptors (Lipinski definition) is 3. The van der Waals surface area contributed by atoms with Crippen molar-refractivity contribution >= 4 is 17.3 Å². The van der Waals surface area contributed by atoms with Crippen molar-refractivity contribution in [2.45, 2.75) is 19.8 Å². The fourth-order valence-corrected chi connectivity index (χ4v) is 2.33. The Labute approximate surface area is 108 Å². The van der Waals surface area contributed by atoms with Crippen molar-refractivity contribution in [1.29, 1.82) is 0 Å². The second-order valence-electron chi connectivity index (χ2n) is 5.11. The molecule has 4 nitrogen and oxygen atoms in total. The highest BCUT2D eigenvalue weighted by Gasteiger charge is 2.20. The molecule has 4 heteroatoms. The Kier molecular flexibility index (Phi) is 3.45. The lowest BCUT2D eigenvalue weighted by Crippen LogP contribution is -2.29. The Morgan fingerprint density at radius 3 is 2.83 bits per heavy atom. The summed E-state index contributed by atoms with van der Waals surface area (Å²) < 4.78 is 0. The van der Waals surface area contributed by atoms with Crippen LogP contribution in [0, 0.1) is 6.92 Å². The van der Waals surface area contributed by atoms with Crippen LogP contribution in [0.4, 0.5) is 11.4 Å². The van der Waals surface area contributed by atoms with Crippen LogP contribution >= 0.6 is 0 Å². The Morgan fingerprint density at radius 2 is 2.17 bits per heavy atom. The molecule has 1 heterocycles. The van der Waals surface area contributed by atoms with E-state index in [1.807, 2.05) is 13.0 Å². The molecule has 2 rings (SSSR count). The number of fused-ring (bicyclic) bond motifs is 1. The fourth-order valence-electron chi connectivity index (χ4n) is 2.33. The third kappa shape index (κ3) is 2.42. The minimum absolute atomic E-state index is 0.170. The lowest BCUT2D eigenvalue weighted by Gasteiger charge is -2.21. The summed E-state index contributed by atoms with van der Waals surface area (Å²) in [6.45, 7) is 3.79. The molecule has 2 N–H and O–H groups in total. The van der Waals surface area contributed by atoms with Gasteiger partial charge in [-0.1, -0.05) is 6.07 Å². The fraction of sp³-hybridized carbons (Fsp3) is 0.500. The molecule has 1 aliphatic rings. The maximum atomic E-state index is 11.6. The summed E-state index contributed by atoms with van der Waals surface area (Å²) in [5.74, 6) is 0.170. The lowest BCUT2D eigenvalue weighted by molar-refractivity contribution is -0.128. The smallest absolute Gasteiger partial charge is 0.223 e. The van der Waals surface area contributed by atoms with Crippen molar-refractivity contribution in [3.63, 3.8) is 0 Å². The molecule has 1 aromatic carbocycles. The zero-order chi connectivity index (χ0) is 13.3. The summed E-state index contributed by atoms with van der Waals surface area (Å²) in [5, 5.41) is 0. The molecule has 0 saturated carbocycles. The van der Waals surface area contributed by atoms with Gasteiger partial charge in [-0.2, -0.15) is 0 Å². The van der Waals surface area contributed by atoms with Gasteiger partial charge in [-0.05, 0) is 30.5 Å².